The molecular formula is C20H21ClN2O5. The molecule has 2 aromatic rings. The van der Waals surface area contributed by atoms with E-state index in [0.29, 0.717) is 16.3 Å². The lowest BCUT2D eigenvalue weighted by atomic mass is 10.1. The van der Waals surface area contributed by atoms with Gasteiger partial charge in [-0.15, -0.1) is 0 Å². The Balaban J connectivity index is 2.19. The maximum absolute atomic E-state index is 12.6. The molecule has 2 aromatic carbocycles. The number of ether oxygens (including phenoxy) is 2. The lowest BCUT2D eigenvalue weighted by molar-refractivity contribution is -0.142. The van der Waals surface area contributed by atoms with Gasteiger partial charge in [0.1, 0.15) is 5.75 Å². The first-order valence-corrected chi connectivity index (χ1v) is 8.89. The monoisotopic (exact) mass is 404 g/mol. The number of hydrogen-bond donors (Lipinski definition) is 2. The number of esters is 1. The zero-order valence-corrected chi connectivity index (χ0v) is 16.5. The Labute approximate surface area is 168 Å². The highest BCUT2D eigenvalue weighted by atomic mass is 35.5. The van der Waals surface area contributed by atoms with Crippen molar-refractivity contribution >= 4 is 35.1 Å². The first-order chi connectivity index (χ1) is 13.3. The van der Waals surface area contributed by atoms with Crippen LogP contribution in [0.2, 0.25) is 5.02 Å². The fourth-order valence-corrected chi connectivity index (χ4v) is 2.45. The first kappa shape index (κ1) is 21.2. The summed E-state index contributed by atoms with van der Waals surface area (Å²) in [6.07, 6.45) is 0. The van der Waals surface area contributed by atoms with Crippen molar-refractivity contribution < 1.29 is 23.9 Å². The van der Waals surface area contributed by atoms with E-state index in [4.69, 9.17) is 16.3 Å². The molecule has 2 rings (SSSR count). The van der Waals surface area contributed by atoms with Crippen LogP contribution in [0.5, 0.6) is 5.75 Å². The normalized spacial score (nSPS) is 10.3. The van der Waals surface area contributed by atoms with Gasteiger partial charge in [-0.1, -0.05) is 17.7 Å². The molecule has 0 saturated carbocycles. The predicted molar refractivity (Wildman–Crippen MR) is 106 cm³/mol. The molecule has 0 aromatic heterocycles. The van der Waals surface area contributed by atoms with Gasteiger partial charge in [0.25, 0.3) is 11.8 Å². The number of hydrogen-bond acceptors (Lipinski definition) is 5. The number of anilines is 1. The number of carbonyl (C=O) groups excluding carboxylic acids is 3. The number of carbonyl (C=O) groups is 3. The summed E-state index contributed by atoms with van der Waals surface area (Å²) in [5.41, 5.74) is 0.874. The molecule has 0 unspecified atom stereocenters. The van der Waals surface area contributed by atoms with Crippen molar-refractivity contribution in [1.29, 1.82) is 0 Å². The topological polar surface area (TPSA) is 93.7 Å². The van der Waals surface area contributed by atoms with E-state index in [2.05, 4.69) is 15.4 Å². The molecule has 2 amide bonds. The van der Waals surface area contributed by atoms with E-state index in [1.807, 2.05) is 13.8 Å². The van der Waals surface area contributed by atoms with Gasteiger partial charge >= 0.3 is 5.97 Å². The van der Waals surface area contributed by atoms with Crippen molar-refractivity contribution in [2.75, 3.05) is 19.0 Å². The van der Waals surface area contributed by atoms with E-state index in [-0.39, 0.29) is 29.8 Å². The summed E-state index contributed by atoms with van der Waals surface area (Å²) in [6.45, 7) is 3.41. The zero-order valence-electron chi connectivity index (χ0n) is 15.7. The third-order valence-corrected chi connectivity index (χ3v) is 3.81. The Morgan fingerprint density at radius 3 is 2.50 bits per heavy atom. The number of nitrogens with one attached hydrogen (secondary N) is 2. The molecule has 148 valence electrons. The van der Waals surface area contributed by atoms with Crippen LogP contribution in [-0.2, 0) is 9.53 Å². The second kappa shape index (κ2) is 9.75. The largest absolute Gasteiger partial charge is 0.482 e. The average molecular weight is 405 g/mol. The van der Waals surface area contributed by atoms with Crippen LogP contribution in [0.1, 0.15) is 34.6 Å². The number of amides is 2. The van der Waals surface area contributed by atoms with Crippen molar-refractivity contribution in [3.05, 3.63) is 58.6 Å². The molecule has 0 radical (unpaired) electrons. The average Bonchev–Trinajstić information content (AvgIpc) is 2.65. The molecule has 0 bridgehead atoms. The molecule has 2 N–H and O–H groups in total. The van der Waals surface area contributed by atoms with Crippen molar-refractivity contribution in [1.82, 2.24) is 5.32 Å². The van der Waals surface area contributed by atoms with E-state index < -0.39 is 11.9 Å². The van der Waals surface area contributed by atoms with E-state index in [0.717, 1.165) is 0 Å². The minimum absolute atomic E-state index is 0.0598. The molecule has 28 heavy (non-hydrogen) atoms. The molecule has 0 fully saturated rings. The van der Waals surface area contributed by atoms with Crippen LogP contribution < -0.4 is 15.4 Å². The van der Waals surface area contributed by atoms with Crippen LogP contribution in [0.25, 0.3) is 0 Å². The number of halogens is 1. The fourth-order valence-electron chi connectivity index (χ4n) is 2.28. The molecule has 0 aliphatic rings. The van der Waals surface area contributed by atoms with Gasteiger partial charge in [0.15, 0.2) is 6.61 Å². The summed E-state index contributed by atoms with van der Waals surface area (Å²) in [4.78, 5) is 36.2. The molecule has 8 heteroatoms. The van der Waals surface area contributed by atoms with Crippen LogP contribution in [-0.4, -0.2) is 37.5 Å². The Hall–Kier alpha value is -3.06. The summed E-state index contributed by atoms with van der Waals surface area (Å²) in [5.74, 6) is -0.974. The SMILES string of the molecule is COC(=O)COc1cccc(C(=O)Nc2cc(Cl)ccc2C(=O)NC(C)C)c1. The molecule has 0 aliphatic carbocycles. The Morgan fingerprint density at radius 1 is 1.07 bits per heavy atom. The van der Waals surface area contributed by atoms with Crippen molar-refractivity contribution in [3.8, 4) is 5.75 Å². The van der Waals surface area contributed by atoms with Crippen molar-refractivity contribution in [2.24, 2.45) is 0 Å². The molecule has 0 aliphatic heterocycles. The van der Waals surface area contributed by atoms with Gasteiger partial charge in [0, 0.05) is 16.6 Å². The highest BCUT2D eigenvalue weighted by Gasteiger charge is 2.16. The molecule has 7 nitrogen and oxygen atoms in total. The highest BCUT2D eigenvalue weighted by molar-refractivity contribution is 6.31. The lowest BCUT2D eigenvalue weighted by Gasteiger charge is -2.14. The van der Waals surface area contributed by atoms with Crippen LogP contribution in [0.15, 0.2) is 42.5 Å². The zero-order chi connectivity index (χ0) is 20.7. The number of benzene rings is 2. The molecule has 0 spiro atoms. The van der Waals surface area contributed by atoms with E-state index in [1.165, 1.54) is 19.2 Å². The maximum Gasteiger partial charge on any atom is 0.343 e. The molecule has 0 saturated heterocycles. The van der Waals surface area contributed by atoms with Gasteiger partial charge in [0.05, 0.1) is 18.4 Å². The van der Waals surface area contributed by atoms with Crippen LogP contribution in [0.4, 0.5) is 5.69 Å². The summed E-state index contributed by atoms with van der Waals surface area (Å²) in [7, 11) is 1.26. The van der Waals surface area contributed by atoms with Crippen LogP contribution in [0, 0.1) is 0 Å². The minimum atomic E-state index is -0.533. The summed E-state index contributed by atoms with van der Waals surface area (Å²) in [6, 6.07) is 10.9. The van der Waals surface area contributed by atoms with E-state index in [9.17, 15) is 14.4 Å². The van der Waals surface area contributed by atoms with Gasteiger partial charge in [-0.25, -0.2) is 4.79 Å². The standard InChI is InChI=1S/C20H21ClN2O5/c1-12(2)22-20(26)16-8-7-14(21)10-17(16)23-19(25)13-5-4-6-15(9-13)28-11-18(24)27-3/h4-10,12H,11H2,1-3H3,(H,22,26)(H,23,25). The van der Waals surface area contributed by atoms with Crippen LogP contribution >= 0.6 is 11.6 Å². The summed E-state index contributed by atoms with van der Waals surface area (Å²) in [5, 5.41) is 5.85. The lowest BCUT2D eigenvalue weighted by Crippen LogP contribution is -2.31. The van der Waals surface area contributed by atoms with Crippen molar-refractivity contribution in [2.45, 2.75) is 19.9 Å². The van der Waals surface area contributed by atoms with E-state index in [1.54, 1.807) is 30.3 Å². The highest BCUT2D eigenvalue weighted by Crippen LogP contribution is 2.23. The fraction of sp³-hybridized carbons (Fsp3) is 0.250. The Bertz CT molecular complexity index is 883. The Morgan fingerprint density at radius 2 is 1.82 bits per heavy atom. The minimum Gasteiger partial charge on any atom is -0.482 e. The summed E-state index contributed by atoms with van der Waals surface area (Å²) < 4.78 is 9.79. The first-order valence-electron chi connectivity index (χ1n) is 8.51. The van der Waals surface area contributed by atoms with Gasteiger partial charge in [-0.3, -0.25) is 9.59 Å². The summed E-state index contributed by atoms with van der Waals surface area (Å²) >= 11 is 6.02. The predicted octanol–water partition coefficient (Wildman–Crippen LogP) is 3.28. The number of methoxy groups -OCH3 is 1. The number of rotatable bonds is 7. The quantitative estimate of drug-likeness (QED) is 0.690. The van der Waals surface area contributed by atoms with Crippen molar-refractivity contribution in [3.63, 3.8) is 0 Å². The second-order valence-corrected chi connectivity index (χ2v) is 6.60. The molecule has 0 atom stereocenters. The molecular weight excluding hydrogens is 384 g/mol. The van der Waals surface area contributed by atoms with Gasteiger partial charge in [-0.05, 0) is 50.2 Å². The Kier molecular flexibility index (Phi) is 7.40. The van der Waals surface area contributed by atoms with Gasteiger partial charge in [-0.2, -0.15) is 0 Å². The third-order valence-electron chi connectivity index (χ3n) is 3.57. The van der Waals surface area contributed by atoms with Gasteiger partial charge in [0.2, 0.25) is 0 Å². The maximum atomic E-state index is 12.6. The smallest absolute Gasteiger partial charge is 0.343 e. The van der Waals surface area contributed by atoms with Gasteiger partial charge < -0.3 is 20.1 Å². The van der Waals surface area contributed by atoms with Crippen LogP contribution in [0.3, 0.4) is 0 Å². The molecule has 0 heterocycles. The third kappa shape index (κ3) is 5.99. The van der Waals surface area contributed by atoms with E-state index >= 15 is 0 Å². The second-order valence-electron chi connectivity index (χ2n) is 6.16.